The lowest BCUT2D eigenvalue weighted by atomic mass is 10.1. The summed E-state index contributed by atoms with van der Waals surface area (Å²) in [7, 11) is -2.34. The molecule has 1 aliphatic rings. The van der Waals surface area contributed by atoms with E-state index in [0.29, 0.717) is 24.3 Å². The molecule has 0 unspecified atom stereocenters. The molecule has 148 valence electrons. The number of amides is 2. The van der Waals surface area contributed by atoms with Crippen LogP contribution in [0, 0.1) is 0 Å². The van der Waals surface area contributed by atoms with Gasteiger partial charge in [-0.3, -0.25) is 9.59 Å². The number of sulfonamides is 1. The minimum absolute atomic E-state index is 0.000304. The number of carbonyl (C=O) groups is 2. The average molecular weight is 401 g/mol. The summed E-state index contributed by atoms with van der Waals surface area (Å²) in [6.45, 7) is 1.43. The second kappa shape index (κ2) is 8.53. The highest BCUT2D eigenvalue weighted by Crippen LogP contribution is 2.21. The van der Waals surface area contributed by atoms with Gasteiger partial charge in [0, 0.05) is 18.7 Å². The lowest BCUT2D eigenvalue weighted by Gasteiger charge is -2.27. The molecule has 2 amide bonds. The van der Waals surface area contributed by atoms with Gasteiger partial charge in [0.15, 0.2) is 0 Å². The topological polar surface area (TPSA) is 95.6 Å². The summed E-state index contributed by atoms with van der Waals surface area (Å²) in [5.41, 5.74) is 1.03. The van der Waals surface area contributed by atoms with Gasteiger partial charge in [-0.15, -0.1) is 0 Å². The molecule has 1 fully saturated rings. The average Bonchev–Trinajstić information content (AvgIpc) is 2.74. The SMILES string of the molecule is CNS(=O)(=O)c1cccc(C(=O)Nc2ccccc2C(=O)N2CCCCC2)c1. The van der Waals surface area contributed by atoms with Crippen molar-refractivity contribution in [3.63, 3.8) is 0 Å². The Bertz CT molecular complexity index is 982. The fourth-order valence-corrected chi connectivity index (χ4v) is 3.94. The summed E-state index contributed by atoms with van der Waals surface area (Å²) in [5.74, 6) is -0.589. The quantitative estimate of drug-likeness (QED) is 0.805. The Morgan fingerprint density at radius 3 is 2.39 bits per heavy atom. The molecule has 1 aliphatic heterocycles. The van der Waals surface area contributed by atoms with E-state index in [1.165, 1.54) is 31.3 Å². The first-order valence-electron chi connectivity index (χ1n) is 9.15. The zero-order chi connectivity index (χ0) is 20.1. The minimum Gasteiger partial charge on any atom is -0.339 e. The van der Waals surface area contributed by atoms with Crippen molar-refractivity contribution in [2.24, 2.45) is 0 Å². The van der Waals surface area contributed by atoms with Gasteiger partial charge in [0.25, 0.3) is 11.8 Å². The van der Waals surface area contributed by atoms with Crippen LogP contribution in [0.5, 0.6) is 0 Å². The summed E-state index contributed by atoms with van der Waals surface area (Å²) >= 11 is 0. The van der Waals surface area contributed by atoms with Crippen LogP contribution in [0.1, 0.15) is 40.0 Å². The molecule has 1 saturated heterocycles. The molecule has 3 rings (SSSR count). The molecule has 1 heterocycles. The number of para-hydroxylation sites is 1. The molecular formula is C20H23N3O4S. The Balaban J connectivity index is 1.84. The normalized spacial score (nSPS) is 14.5. The maximum absolute atomic E-state index is 12.9. The molecule has 0 radical (unpaired) electrons. The maximum atomic E-state index is 12.9. The number of benzene rings is 2. The number of anilines is 1. The van der Waals surface area contributed by atoms with Gasteiger partial charge < -0.3 is 10.2 Å². The van der Waals surface area contributed by atoms with Crippen LogP contribution >= 0.6 is 0 Å². The lowest BCUT2D eigenvalue weighted by molar-refractivity contribution is 0.0725. The van der Waals surface area contributed by atoms with Crippen LogP contribution in [-0.4, -0.2) is 45.3 Å². The van der Waals surface area contributed by atoms with Gasteiger partial charge in [-0.2, -0.15) is 0 Å². The third-order valence-corrected chi connectivity index (χ3v) is 6.14. The Morgan fingerprint density at radius 1 is 0.964 bits per heavy atom. The summed E-state index contributed by atoms with van der Waals surface area (Å²) < 4.78 is 26.1. The van der Waals surface area contributed by atoms with Crippen LogP contribution in [0.3, 0.4) is 0 Å². The second-order valence-electron chi connectivity index (χ2n) is 6.59. The number of rotatable bonds is 5. The van der Waals surface area contributed by atoms with Gasteiger partial charge in [-0.1, -0.05) is 18.2 Å². The van der Waals surface area contributed by atoms with Crippen LogP contribution in [0.2, 0.25) is 0 Å². The fourth-order valence-electron chi connectivity index (χ4n) is 3.16. The monoisotopic (exact) mass is 401 g/mol. The summed E-state index contributed by atoms with van der Waals surface area (Å²) in [6, 6.07) is 12.6. The smallest absolute Gasteiger partial charge is 0.255 e. The van der Waals surface area contributed by atoms with E-state index in [1.54, 1.807) is 29.2 Å². The van der Waals surface area contributed by atoms with Crippen LogP contribution in [0.15, 0.2) is 53.4 Å². The van der Waals surface area contributed by atoms with Crippen molar-refractivity contribution in [2.75, 3.05) is 25.5 Å². The first kappa shape index (κ1) is 20.0. The summed E-state index contributed by atoms with van der Waals surface area (Å²) in [6.07, 6.45) is 3.08. The maximum Gasteiger partial charge on any atom is 0.255 e. The Morgan fingerprint density at radius 2 is 1.68 bits per heavy atom. The Kier molecular flexibility index (Phi) is 6.11. The van der Waals surface area contributed by atoms with E-state index < -0.39 is 15.9 Å². The van der Waals surface area contributed by atoms with E-state index >= 15 is 0 Å². The van der Waals surface area contributed by atoms with Crippen LogP contribution in [0.25, 0.3) is 0 Å². The van der Waals surface area contributed by atoms with Crippen LogP contribution < -0.4 is 10.0 Å². The number of hydrogen-bond acceptors (Lipinski definition) is 4. The summed E-state index contributed by atoms with van der Waals surface area (Å²) in [5, 5.41) is 2.74. The van der Waals surface area contributed by atoms with Gasteiger partial charge in [0.05, 0.1) is 16.1 Å². The number of piperidine rings is 1. The first-order chi connectivity index (χ1) is 13.4. The largest absolute Gasteiger partial charge is 0.339 e. The number of nitrogens with one attached hydrogen (secondary N) is 2. The molecule has 0 aromatic heterocycles. The van der Waals surface area contributed by atoms with E-state index in [2.05, 4.69) is 10.0 Å². The third-order valence-electron chi connectivity index (χ3n) is 4.72. The van der Waals surface area contributed by atoms with E-state index in [4.69, 9.17) is 0 Å². The molecule has 0 spiro atoms. The van der Waals surface area contributed by atoms with E-state index in [-0.39, 0.29) is 16.4 Å². The number of likely N-dealkylation sites (tertiary alicyclic amines) is 1. The molecule has 28 heavy (non-hydrogen) atoms. The van der Waals surface area contributed by atoms with E-state index in [0.717, 1.165) is 19.3 Å². The molecule has 2 aromatic carbocycles. The van der Waals surface area contributed by atoms with Crippen LogP contribution in [-0.2, 0) is 10.0 Å². The molecule has 2 aromatic rings. The van der Waals surface area contributed by atoms with E-state index in [9.17, 15) is 18.0 Å². The van der Waals surface area contributed by atoms with Crippen molar-refractivity contribution in [3.8, 4) is 0 Å². The minimum atomic E-state index is -3.65. The molecule has 7 nitrogen and oxygen atoms in total. The first-order valence-corrected chi connectivity index (χ1v) is 10.6. The highest BCUT2D eigenvalue weighted by Gasteiger charge is 2.22. The molecular weight excluding hydrogens is 378 g/mol. The zero-order valence-corrected chi connectivity index (χ0v) is 16.5. The number of nitrogens with zero attached hydrogens (tertiary/aromatic N) is 1. The molecule has 0 aliphatic carbocycles. The standard InChI is InChI=1S/C20H23N3O4S/c1-21-28(26,27)16-9-7-8-15(14-16)19(24)22-18-11-4-3-10-17(18)20(25)23-12-5-2-6-13-23/h3-4,7-11,14,21H,2,5-6,12-13H2,1H3,(H,22,24). The van der Waals surface area contributed by atoms with Crippen molar-refractivity contribution < 1.29 is 18.0 Å². The highest BCUT2D eigenvalue weighted by molar-refractivity contribution is 7.89. The molecule has 2 N–H and O–H groups in total. The number of hydrogen-bond donors (Lipinski definition) is 2. The predicted molar refractivity (Wildman–Crippen MR) is 107 cm³/mol. The molecule has 8 heteroatoms. The van der Waals surface area contributed by atoms with Gasteiger partial charge in [0.1, 0.15) is 0 Å². The van der Waals surface area contributed by atoms with Crippen molar-refractivity contribution in [2.45, 2.75) is 24.2 Å². The predicted octanol–water partition coefficient (Wildman–Crippen LogP) is 2.47. The Labute approximate surface area is 164 Å². The molecule has 0 bridgehead atoms. The lowest BCUT2D eigenvalue weighted by Crippen LogP contribution is -2.36. The van der Waals surface area contributed by atoms with Crippen molar-refractivity contribution in [3.05, 3.63) is 59.7 Å². The number of carbonyl (C=O) groups excluding carboxylic acids is 2. The van der Waals surface area contributed by atoms with Crippen LogP contribution in [0.4, 0.5) is 5.69 Å². The molecule has 0 saturated carbocycles. The van der Waals surface area contributed by atoms with Gasteiger partial charge in [0.2, 0.25) is 10.0 Å². The third kappa shape index (κ3) is 4.40. The Hall–Kier alpha value is -2.71. The highest BCUT2D eigenvalue weighted by atomic mass is 32.2. The second-order valence-corrected chi connectivity index (χ2v) is 8.47. The van der Waals surface area contributed by atoms with Crippen molar-refractivity contribution in [1.82, 2.24) is 9.62 Å². The zero-order valence-electron chi connectivity index (χ0n) is 15.6. The van der Waals surface area contributed by atoms with Gasteiger partial charge in [-0.25, -0.2) is 13.1 Å². The van der Waals surface area contributed by atoms with Crippen molar-refractivity contribution in [1.29, 1.82) is 0 Å². The summed E-state index contributed by atoms with van der Waals surface area (Å²) in [4.78, 5) is 27.3. The van der Waals surface area contributed by atoms with Gasteiger partial charge >= 0.3 is 0 Å². The van der Waals surface area contributed by atoms with Gasteiger partial charge in [-0.05, 0) is 56.6 Å². The van der Waals surface area contributed by atoms with E-state index in [1.807, 2.05) is 0 Å². The fraction of sp³-hybridized carbons (Fsp3) is 0.300. The molecule has 0 atom stereocenters. The van der Waals surface area contributed by atoms with Crippen molar-refractivity contribution >= 4 is 27.5 Å².